The van der Waals surface area contributed by atoms with E-state index in [4.69, 9.17) is 4.74 Å². The van der Waals surface area contributed by atoms with Crippen LogP contribution in [0.5, 0.6) is 0 Å². The molecule has 88 valence electrons. The average Bonchev–Trinajstić information content (AvgIpc) is 2.63. The predicted molar refractivity (Wildman–Crippen MR) is 68.0 cm³/mol. The van der Waals surface area contributed by atoms with Crippen molar-refractivity contribution in [3.05, 3.63) is 20.8 Å². The number of thiophene rings is 1. The minimum atomic E-state index is -0.223. The summed E-state index contributed by atoms with van der Waals surface area (Å²) in [6.07, 6.45) is 0. The Morgan fingerprint density at radius 1 is 1.62 bits per heavy atom. The molecule has 16 heavy (non-hydrogen) atoms. The Morgan fingerprint density at radius 3 is 2.94 bits per heavy atom. The SMILES string of the molecule is CC1(C)COCCN1C(=O)c1sccc1Br. The van der Waals surface area contributed by atoms with Crippen molar-refractivity contribution >= 4 is 33.2 Å². The number of rotatable bonds is 1. The summed E-state index contributed by atoms with van der Waals surface area (Å²) < 4.78 is 6.29. The van der Waals surface area contributed by atoms with Gasteiger partial charge in [0.2, 0.25) is 0 Å². The van der Waals surface area contributed by atoms with E-state index in [1.807, 2.05) is 30.2 Å². The van der Waals surface area contributed by atoms with E-state index in [1.165, 1.54) is 11.3 Å². The number of ether oxygens (including phenoxy) is 1. The third-order valence-electron chi connectivity index (χ3n) is 2.70. The lowest BCUT2D eigenvalue weighted by atomic mass is 10.0. The van der Waals surface area contributed by atoms with E-state index in [0.717, 1.165) is 9.35 Å². The first-order chi connectivity index (χ1) is 7.52. The summed E-state index contributed by atoms with van der Waals surface area (Å²) in [7, 11) is 0. The molecular formula is C11H14BrNO2S. The Hall–Kier alpha value is -0.390. The van der Waals surface area contributed by atoms with E-state index in [0.29, 0.717) is 19.8 Å². The van der Waals surface area contributed by atoms with Crippen LogP contribution in [0.1, 0.15) is 23.5 Å². The van der Waals surface area contributed by atoms with Crippen LogP contribution < -0.4 is 0 Å². The van der Waals surface area contributed by atoms with Gasteiger partial charge in [-0.05, 0) is 41.2 Å². The maximum atomic E-state index is 12.3. The zero-order valence-electron chi connectivity index (χ0n) is 9.33. The molecule has 1 aromatic rings. The molecular weight excluding hydrogens is 290 g/mol. The molecule has 5 heteroatoms. The number of carbonyl (C=O) groups is 1. The van der Waals surface area contributed by atoms with Gasteiger partial charge in [0.05, 0.1) is 18.8 Å². The molecule has 0 unspecified atom stereocenters. The molecule has 2 rings (SSSR count). The van der Waals surface area contributed by atoms with Gasteiger partial charge in [-0.2, -0.15) is 0 Å². The highest BCUT2D eigenvalue weighted by Gasteiger charge is 2.35. The van der Waals surface area contributed by atoms with Crippen molar-refractivity contribution in [2.75, 3.05) is 19.8 Å². The predicted octanol–water partition coefficient (Wildman–Crippen LogP) is 2.76. The van der Waals surface area contributed by atoms with Crippen LogP contribution in [0, 0.1) is 0 Å². The molecule has 3 nitrogen and oxygen atoms in total. The van der Waals surface area contributed by atoms with Crippen molar-refractivity contribution in [3.63, 3.8) is 0 Å². The summed E-state index contributed by atoms with van der Waals surface area (Å²) in [6.45, 7) is 5.95. The highest BCUT2D eigenvalue weighted by Crippen LogP contribution is 2.28. The van der Waals surface area contributed by atoms with Gasteiger partial charge in [-0.25, -0.2) is 0 Å². The number of hydrogen-bond acceptors (Lipinski definition) is 3. The van der Waals surface area contributed by atoms with E-state index in [2.05, 4.69) is 15.9 Å². The monoisotopic (exact) mass is 303 g/mol. The highest BCUT2D eigenvalue weighted by molar-refractivity contribution is 9.10. The van der Waals surface area contributed by atoms with Crippen LogP contribution in [0.25, 0.3) is 0 Å². The van der Waals surface area contributed by atoms with Crippen LogP contribution in [0.2, 0.25) is 0 Å². The summed E-state index contributed by atoms with van der Waals surface area (Å²) >= 11 is 4.88. The number of morpholine rings is 1. The number of amides is 1. The first-order valence-electron chi connectivity index (χ1n) is 5.15. The fraction of sp³-hybridized carbons (Fsp3) is 0.545. The van der Waals surface area contributed by atoms with E-state index in [1.54, 1.807) is 0 Å². The molecule has 0 saturated carbocycles. The zero-order chi connectivity index (χ0) is 11.8. The molecule has 0 atom stereocenters. The van der Waals surface area contributed by atoms with Crippen LogP contribution in [0.4, 0.5) is 0 Å². The van der Waals surface area contributed by atoms with Crippen molar-refractivity contribution in [2.24, 2.45) is 0 Å². The Bertz CT molecular complexity index is 402. The van der Waals surface area contributed by atoms with Crippen LogP contribution in [0.15, 0.2) is 15.9 Å². The van der Waals surface area contributed by atoms with Gasteiger partial charge < -0.3 is 9.64 Å². The second-order valence-corrected chi connectivity index (χ2v) is 6.19. The van der Waals surface area contributed by atoms with E-state index < -0.39 is 0 Å². The van der Waals surface area contributed by atoms with E-state index >= 15 is 0 Å². The fourth-order valence-electron chi connectivity index (χ4n) is 1.80. The third-order valence-corrected chi connectivity index (χ3v) is 4.53. The van der Waals surface area contributed by atoms with Crippen LogP contribution in [-0.2, 0) is 4.74 Å². The van der Waals surface area contributed by atoms with Gasteiger partial charge in [0.15, 0.2) is 0 Å². The van der Waals surface area contributed by atoms with Crippen molar-refractivity contribution in [3.8, 4) is 0 Å². The highest BCUT2D eigenvalue weighted by atomic mass is 79.9. The van der Waals surface area contributed by atoms with Crippen molar-refractivity contribution < 1.29 is 9.53 Å². The van der Waals surface area contributed by atoms with Gasteiger partial charge in [0.25, 0.3) is 5.91 Å². The molecule has 0 bridgehead atoms. The maximum absolute atomic E-state index is 12.3. The topological polar surface area (TPSA) is 29.5 Å². The molecule has 1 aliphatic rings. The number of nitrogens with zero attached hydrogens (tertiary/aromatic N) is 1. The largest absolute Gasteiger partial charge is 0.377 e. The first kappa shape index (κ1) is 12.1. The molecule has 1 amide bonds. The van der Waals surface area contributed by atoms with E-state index in [-0.39, 0.29) is 11.4 Å². The summed E-state index contributed by atoms with van der Waals surface area (Å²) in [5, 5.41) is 1.92. The molecule has 2 heterocycles. The molecule has 1 saturated heterocycles. The van der Waals surface area contributed by atoms with Crippen molar-refractivity contribution in [1.82, 2.24) is 4.90 Å². The molecule has 1 aromatic heterocycles. The lowest BCUT2D eigenvalue weighted by Gasteiger charge is -2.41. The second-order valence-electron chi connectivity index (χ2n) is 4.42. The standard InChI is InChI=1S/C11H14BrNO2S/c1-11(2)7-15-5-4-13(11)10(14)9-8(12)3-6-16-9/h3,6H,4-5,7H2,1-2H3. The first-order valence-corrected chi connectivity index (χ1v) is 6.82. The van der Waals surface area contributed by atoms with Gasteiger partial charge >= 0.3 is 0 Å². The van der Waals surface area contributed by atoms with Crippen LogP contribution in [-0.4, -0.2) is 36.1 Å². The molecule has 0 radical (unpaired) electrons. The third kappa shape index (κ3) is 2.17. The number of hydrogen-bond donors (Lipinski definition) is 0. The summed E-state index contributed by atoms with van der Waals surface area (Å²) in [5.41, 5.74) is -0.223. The van der Waals surface area contributed by atoms with Gasteiger partial charge in [-0.3, -0.25) is 4.79 Å². The normalized spacial score (nSPS) is 19.8. The molecule has 1 aliphatic heterocycles. The number of halogens is 1. The smallest absolute Gasteiger partial charge is 0.265 e. The van der Waals surface area contributed by atoms with Gasteiger partial charge in [-0.1, -0.05) is 0 Å². The quantitative estimate of drug-likeness (QED) is 0.798. The Balaban J connectivity index is 2.24. The fourth-order valence-corrected chi connectivity index (χ4v) is 3.29. The Morgan fingerprint density at radius 2 is 2.38 bits per heavy atom. The summed E-state index contributed by atoms with van der Waals surface area (Å²) in [5.74, 6) is 0.0928. The van der Waals surface area contributed by atoms with Gasteiger partial charge in [-0.15, -0.1) is 11.3 Å². The molecule has 0 spiro atoms. The summed E-state index contributed by atoms with van der Waals surface area (Å²) in [4.78, 5) is 15.0. The van der Waals surface area contributed by atoms with Crippen LogP contribution in [0.3, 0.4) is 0 Å². The second kappa shape index (κ2) is 4.47. The minimum Gasteiger partial charge on any atom is -0.377 e. The number of carbonyl (C=O) groups excluding carboxylic acids is 1. The minimum absolute atomic E-state index is 0.0928. The zero-order valence-corrected chi connectivity index (χ0v) is 11.7. The van der Waals surface area contributed by atoms with Gasteiger partial charge in [0.1, 0.15) is 4.88 Å². The Labute approximate surface area is 108 Å². The lowest BCUT2D eigenvalue weighted by Crippen LogP contribution is -2.55. The van der Waals surface area contributed by atoms with Crippen molar-refractivity contribution in [1.29, 1.82) is 0 Å². The van der Waals surface area contributed by atoms with E-state index in [9.17, 15) is 4.79 Å². The summed E-state index contributed by atoms with van der Waals surface area (Å²) in [6, 6.07) is 1.91. The maximum Gasteiger partial charge on any atom is 0.265 e. The van der Waals surface area contributed by atoms with Crippen LogP contribution >= 0.6 is 27.3 Å². The lowest BCUT2D eigenvalue weighted by molar-refractivity contribution is -0.0368. The average molecular weight is 304 g/mol. The molecule has 0 aliphatic carbocycles. The van der Waals surface area contributed by atoms with Crippen molar-refractivity contribution in [2.45, 2.75) is 19.4 Å². The molecule has 0 N–H and O–H groups in total. The molecule has 1 fully saturated rings. The Kier molecular flexibility index (Phi) is 3.37. The van der Waals surface area contributed by atoms with Gasteiger partial charge in [0, 0.05) is 11.0 Å². The molecule has 0 aromatic carbocycles.